The van der Waals surface area contributed by atoms with E-state index in [9.17, 15) is 9.18 Å². The molecule has 5 heteroatoms. The molecule has 1 aromatic carbocycles. The van der Waals surface area contributed by atoms with Gasteiger partial charge in [-0.2, -0.15) is 0 Å². The van der Waals surface area contributed by atoms with E-state index >= 15 is 0 Å². The summed E-state index contributed by atoms with van der Waals surface area (Å²) in [5.41, 5.74) is 0.273. The lowest BCUT2D eigenvalue weighted by Gasteiger charge is -2.20. The van der Waals surface area contributed by atoms with Gasteiger partial charge in [-0.05, 0) is 44.9 Å². The third kappa shape index (κ3) is 6.33. The maximum atomic E-state index is 13.8. The van der Waals surface area contributed by atoms with Crippen molar-refractivity contribution in [2.24, 2.45) is 5.92 Å². The molecule has 0 radical (unpaired) electrons. The Balaban J connectivity index is 2.71. The first-order valence-corrected chi connectivity index (χ1v) is 7.78. The lowest BCUT2D eigenvalue weighted by Crippen LogP contribution is -2.27. The Morgan fingerprint density at radius 3 is 2.45 bits per heavy atom. The zero-order valence-electron chi connectivity index (χ0n) is 14.1. The standard InChI is InChI=1S/C17H27FN2O2/c1-6-12(7-2)11-19-13-8-9-14(18)15(10-13)20-16(21)22-17(3,4)5/h8-10,12,19H,6-7,11H2,1-5H3,(H,20,21). The van der Waals surface area contributed by atoms with Crippen LogP contribution in [0.5, 0.6) is 0 Å². The number of nitrogens with one attached hydrogen (secondary N) is 2. The van der Waals surface area contributed by atoms with E-state index < -0.39 is 17.5 Å². The van der Waals surface area contributed by atoms with Gasteiger partial charge in [0.1, 0.15) is 11.4 Å². The fourth-order valence-corrected chi connectivity index (χ4v) is 1.98. The van der Waals surface area contributed by atoms with E-state index in [4.69, 9.17) is 4.74 Å². The maximum Gasteiger partial charge on any atom is 0.412 e. The van der Waals surface area contributed by atoms with Gasteiger partial charge < -0.3 is 10.1 Å². The van der Waals surface area contributed by atoms with Gasteiger partial charge >= 0.3 is 6.09 Å². The van der Waals surface area contributed by atoms with Crippen molar-refractivity contribution in [2.75, 3.05) is 17.2 Å². The van der Waals surface area contributed by atoms with Crippen LogP contribution in [0.25, 0.3) is 0 Å². The Kier molecular flexibility index (Phi) is 6.65. The largest absolute Gasteiger partial charge is 0.444 e. The second-order valence-electron chi connectivity index (χ2n) is 6.38. The Morgan fingerprint density at radius 2 is 1.91 bits per heavy atom. The highest BCUT2D eigenvalue weighted by molar-refractivity contribution is 5.85. The van der Waals surface area contributed by atoms with Crippen molar-refractivity contribution in [1.82, 2.24) is 0 Å². The van der Waals surface area contributed by atoms with Gasteiger partial charge in [0.15, 0.2) is 0 Å². The van der Waals surface area contributed by atoms with Crippen LogP contribution in [0.3, 0.4) is 0 Å². The van der Waals surface area contributed by atoms with Crippen molar-refractivity contribution in [3.63, 3.8) is 0 Å². The quantitative estimate of drug-likeness (QED) is 0.775. The van der Waals surface area contributed by atoms with Gasteiger partial charge in [0, 0.05) is 12.2 Å². The van der Waals surface area contributed by atoms with E-state index in [1.54, 1.807) is 32.9 Å². The molecule has 124 valence electrons. The molecule has 22 heavy (non-hydrogen) atoms. The SMILES string of the molecule is CCC(CC)CNc1ccc(F)c(NC(=O)OC(C)(C)C)c1. The first-order chi connectivity index (χ1) is 10.2. The predicted octanol–water partition coefficient (Wildman–Crippen LogP) is 5.02. The summed E-state index contributed by atoms with van der Waals surface area (Å²) in [7, 11) is 0. The number of carbonyl (C=O) groups excluding carboxylic acids is 1. The lowest BCUT2D eigenvalue weighted by molar-refractivity contribution is 0.0635. The minimum absolute atomic E-state index is 0.115. The molecule has 1 rings (SSSR count). The number of anilines is 2. The number of ether oxygens (including phenoxy) is 1. The number of amides is 1. The Bertz CT molecular complexity index is 494. The molecule has 0 aliphatic heterocycles. The summed E-state index contributed by atoms with van der Waals surface area (Å²) in [6, 6.07) is 4.58. The van der Waals surface area contributed by atoms with Crippen LogP contribution in [0.4, 0.5) is 20.6 Å². The minimum Gasteiger partial charge on any atom is -0.444 e. The summed E-state index contributed by atoms with van der Waals surface area (Å²) in [6.07, 6.45) is 1.52. The predicted molar refractivity (Wildman–Crippen MR) is 88.8 cm³/mol. The highest BCUT2D eigenvalue weighted by atomic mass is 19.1. The van der Waals surface area contributed by atoms with Crippen molar-refractivity contribution >= 4 is 17.5 Å². The first-order valence-electron chi connectivity index (χ1n) is 7.78. The number of hydrogen-bond donors (Lipinski definition) is 2. The maximum absolute atomic E-state index is 13.8. The molecule has 0 bridgehead atoms. The smallest absolute Gasteiger partial charge is 0.412 e. The average Bonchev–Trinajstić information content (AvgIpc) is 2.41. The molecule has 1 aromatic rings. The van der Waals surface area contributed by atoms with Crippen LogP contribution in [-0.4, -0.2) is 18.2 Å². The molecule has 0 aliphatic carbocycles. The van der Waals surface area contributed by atoms with Gasteiger partial charge in [0.05, 0.1) is 5.69 Å². The Labute approximate surface area is 132 Å². The second kappa shape index (κ2) is 8.01. The van der Waals surface area contributed by atoms with Crippen molar-refractivity contribution in [3.05, 3.63) is 24.0 Å². The summed E-state index contributed by atoms with van der Waals surface area (Å²) < 4.78 is 18.9. The molecule has 0 spiro atoms. The fourth-order valence-electron chi connectivity index (χ4n) is 1.98. The number of carbonyl (C=O) groups is 1. The van der Waals surface area contributed by atoms with Gasteiger partial charge in [-0.15, -0.1) is 0 Å². The van der Waals surface area contributed by atoms with Gasteiger partial charge in [-0.3, -0.25) is 5.32 Å². The van der Waals surface area contributed by atoms with E-state index in [1.165, 1.54) is 6.07 Å². The molecule has 2 N–H and O–H groups in total. The van der Waals surface area contributed by atoms with Crippen LogP contribution in [-0.2, 0) is 4.74 Å². The number of benzene rings is 1. The zero-order valence-corrected chi connectivity index (χ0v) is 14.1. The van der Waals surface area contributed by atoms with E-state index in [0.717, 1.165) is 25.1 Å². The molecule has 0 heterocycles. The molecule has 4 nitrogen and oxygen atoms in total. The van der Waals surface area contributed by atoms with Gasteiger partial charge in [-0.25, -0.2) is 9.18 Å². The highest BCUT2D eigenvalue weighted by Crippen LogP contribution is 2.21. The fraction of sp³-hybridized carbons (Fsp3) is 0.588. The highest BCUT2D eigenvalue weighted by Gasteiger charge is 2.17. The molecular weight excluding hydrogens is 283 g/mol. The Morgan fingerprint density at radius 1 is 1.27 bits per heavy atom. The topological polar surface area (TPSA) is 50.4 Å². The summed E-state index contributed by atoms with van der Waals surface area (Å²) in [5, 5.41) is 5.72. The Hall–Kier alpha value is -1.78. The normalized spacial score (nSPS) is 11.4. The summed E-state index contributed by atoms with van der Waals surface area (Å²) in [5.74, 6) is 0.0891. The van der Waals surface area contributed by atoms with Crippen LogP contribution in [0, 0.1) is 11.7 Å². The monoisotopic (exact) mass is 310 g/mol. The van der Waals surface area contributed by atoms with Crippen LogP contribution in [0.1, 0.15) is 47.5 Å². The van der Waals surface area contributed by atoms with E-state index in [-0.39, 0.29) is 5.69 Å². The van der Waals surface area contributed by atoms with Crippen LogP contribution >= 0.6 is 0 Å². The molecule has 0 fully saturated rings. The van der Waals surface area contributed by atoms with Crippen LogP contribution in [0.15, 0.2) is 18.2 Å². The average molecular weight is 310 g/mol. The number of halogens is 1. The number of rotatable bonds is 6. The third-order valence-corrected chi connectivity index (χ3v) is 3.35. The molecular formula is C17H27FN2O2. The molecule has 1 amide bonds. The van der Waals surface area contributed by atoms with Gasteiger partial charge in [0.25, 0.3) is 0 Å². The van der Waals surface area contributed by atoms with Crippen molar-refractivity contribution in [2.45, 2.75) is 53.1 Å². The minimum atomic E-state index is -0.663. The molecule has 0 unspecified atom stereocenters. The van der Waals surface area contributed by atoms with E-state index in [2.05, 4.69) is 24.5 Å². The summed E-state index contributed by atoms with van der Waals surface area (Å²) >= 11 is 0. The first kappa shape index (κ1) is 18.3. The third-order valence-electron chi connectivity index (χ3n) is 3.35. The van der Waals surface area contributed by atoms with Gasteiger partial charge in [-0.1, -0.05) is 26.7 Å². The molecule has 0 aliphatic rings. The number of hydrogen-bond acceptors (Lipinski definition) is 3. The van der Waals surface area contributed by atoms with E-state index in [0.29, 0.717) is 5.92 Å². The van der Waals surface area contributed by atoms with Crippen molar-refractivity contribution < 1.29 is 13.9 Å². The lowest BCUT2D eigenvalue weighted by atomic mass is 10.0. The molecule has 0 saturated heterocycles. The van der Waals surface area contributed by atoms with Crippen LogP contribution in [0.2, 0.25) is 0 Å². The van der Waals surface area contributed by atoms with Crippen molar-refractivity contribution in [1.29, 1.82) is 0 Å². The van der Waals surface area contributed by atoms with Crippen molar-refractivity contribution in [3.8, 4) is 0 Å². The summed E-state index contributed by atoms with van der Waals surface area (Å²) in [4.78, 5) is 11.7. The van der Waals surface area contributed by atoms with E-state index in [1.807, 2.05) is 0 Å². The van der Waals surface area contributed by atoms with Gasteiger partial charge in [0.2, 0.25) is 0 Å². The molecule has 0 aromatic heterocycles. The van der Waals surface area contributed by atoms with Crippen LogP contribution < -0.4 is 10.6 Å². The zero-order chi connectivity index (χ0) is 16.8. The molecule has 0 atom stereocenters. The molecule has 0 saturated carbocycles. The summed E-state index contributed by atoms with van der Waals surface area (Å²) in [6.45, 7) is 10.4. The second-order valence-corrected chi connectivity index (χ2v) is 6.38.